The molecule has 3 unspecified atom stereocenters. The first kappa shape index (κ1) is 69.1. The van der Waals surface area contributed by atoms with Crippen LogP contribution in [0.25, 0.3) is 0 Å². The highest BCUT2D eigenvalue weighted by molar-refractivity contribution is 9.09. The van der Waals surface area contributed by atoms with Crippen LogP contribution in [0.5, 0.6) is 0 Å². The predicted octanol–water partition coefficient (Wildman–Crippen LogP) is 17.4. The highest BCUT2D eigenvalue weighted by atomic mass is 79.9. The van der Waals surface area contributed by atoms with Crippen LogP contribution in [-0.4, -0.2) is 140 Å². The van der Waals surface area contributed by atoms with Crippen molar-refractivity contribution < 1.29 is 37.9 Å². The molecule has 87 heavy (non-hydrogen) atoms. The number of halogens is 1. The summed E-state index contributed by atoms with van der Waals surface area (Å²) in [6, 6.07) is 0. The second-order valence-corrected chi connectivity index (χ2v) is 34.0. The van der Waals surface area contributed by atoms with Crippen LogP contribution in [0.2, 0.25) is 0 Å². The van der Waals surface area contributed by atoms with Crippen molar-refractivity contribution in [1.29, 1.82) is 0 Å². The minimum Gasteiger partial charge on any atom is -0.381 e. The minimum absolute atomic E-state index is 0.0508. The molecule has 9 aliphatic carbocycles. The second-order valence-electron chi connectivity index (χ2n) is 33.2. The van der Waals surface area contributed by atoms with Crippen molar-refractivity contribution in [3.63, 3.8) is 0 Å². The van der Waals surface area contributed by atoms with Crippen LogP contribution >= 0.6 is 15.9 Å². The van der Waals surface area contributed by atoms with E-state index in [0.29, 0.717) is 87.8 Å². The zero-order valence-electron chi connectivity index (χ0n) is 57.4. The fourth-order valence-electron chi connectivity index (χ4n) is 22.3. The first-order valence-electron chi connectivity index (χ1n) is 36.5. The molecule has 12 fully saturated rings. The van der Waals surface area contributed by atoms with Gasteiger partial charge < -0.3 is 47.7 Å². The summed E-state index contributed by atoms with van der Waals surface area (Å²) in [4.78, 5) is 4.45. The van der Waals surface area contributed by atoms with Gasteiger partial charge >= 0.3 is 0 Å². The van der Waals surface area contributed by atoms with Gasteiger partial charge in [0.25, 0.3) is 0 Å². The average Bonchev–Trinajstić information content (AvgIpc) is 0.836. The lowest BCUT2D eigenvalue weighted by atomic mass is 9.46. The zero-order valence-corrected chi connectivity index (χ0v) is 59.0. The van der Waals surface area contributed by atoms with Gasteiger partial charge in [0.05, 0.1) is 38.1 Å². The molecule has 0 amide bonds. The van der Waals surface area contributed by atoms with E-state index in [0.717, 1.165) is 103 Å². The Kier molecular flexibility index (Phi) is 23.8. The molecule has 498 valence electrons. The summed E-state index contributed by atoms with van der Waals surface area (Å²) in [5.74, 6) is 5.65. The summed E-state index contributed by atoms with van der Waals surface area (Å²) in [5, 5.41) is 1.08. The molecular formula is C76H129BrN2O8. The lowest BCUT2D eigenvalue weighted by Crippen LogP contribution is -2.62. The normalized spacial score (nSPS) is 43.3. The molecule has 0 spiro atoms. The van der Waals surface area contributed by atoms with Gasteiger partial charge in [0, 0.05) is 65.8 Å². The Hall–Kier alpha value is -0.700. The molecule has 12 aliphatic rings. The van der Waals surface area contributed by atoms with Crippen molar-refractivity contribution in [3.05, 3.63) is 36.5 Å². The van der Waals surface area contributed by atoms with E-state index < -0.39 is 0 Å². The number of nitrogens with zero attached hydrogens (tertiary/aromatic N) is 2. The molecule has 0 radical (unpaired) electrons. The third kappa shape index (κ3) is 14.8. The molecule has 0 aromatic carbocycles. The molecule has 11 heteroatoms. The van der Waals surface area contributed by atoms with Gasteiger partial charge in [0.2, 0.25) is 0 Å². The minimum atomic E-state index is 0.0508. The monoisotopic (exact) mass is 1280 g/mol. The number of ether oxygens (including phenoxy) is 8. The zero-order chi connectivity index (χ0) is 61.8. The first-order chi connectivity index (χ1) is 41.7. The Morgan fingerprint density at radius 1 is 0.414 bits per heavy atom. The SMILES string of the molecule is C=C1CCC2[C@]3(C)CO[C@@H](C4CCCC4)O[C@@H]3CC[C@@]2(C)[C@@H]1CCBr.C=C1CCC2[C@]3(C)CO[C@@H](C4CCCC4)O[C@@H]3CC[C@@]2(C)[C@@H]1CCOCCCN(C)C.C=C1CCC2[C@]3(C)CO[C@@H](C4CCCC4)O[C@@H]3CC[C@@]2(C)[C@@H]1CCOCCCN(C)C. The van der Waals surface area contributed by atoms with Crippen LogP contribution in [0, 0.1) is 85.8 Å². The van der Waals surface area contributed by atoms with Gasteiger partial charge in [-0.3, -0.25) is 0 Å². The van der Waals surface area contributed by atoms with Gasteiger partial charge in [-0.25, -0.2) is 0 Å². The molecule has 0 aromatic rings. The lowest BCUT2D eigenvalue weighted by Gasteiger charge is -2.63. The van der Waals surface area contributed by atoms with Crippen molar-refractivity contribution >= 4 is 15.9 Å². The van der Waals surface area contributed by atoms with E-state index >= 15 is 0 Å². The van der Waals surface area contributed by atoms with E-state index in [-0.39, 0.29) is 35.1 Å². The van der Waals surface area contributed by atoms with Crippen molar-refractivity contribution in [3.8, 4) is 0 Å². The summed E-state index contributed by atoms with van der Waals surface area (Å²) in [6.07, 6.45) is 37.3. The molecule has 3 aliphatic heterocycles. The highest BCUT2D eigenvalue weighted by Crippen LogP contribution is 2.67. The van der Waals surface area contributed by atoms with Gasteiger partial charge in [-0.2, -0.15) is 0 Å². The Morgan fingerprint density at radius 3 is 1.00 bits per heavy atom. The Balaban J connectivity index is 0.000000145. The van der Waals surface area contributed by atoms with Crippen LogP contribution in [0.4, 0.5) is 0 Å². The Morgan fingerprint density at radius 2 is 0.713 bits per heavy atom. The molecule has 18 atom stereocenters. The maximum atomic E-state index is 6.70. The van der Waals surface area contributed by atoms with Gasteiger partial charge in [0.15, 0.2) is 18.9 Å². The Bertz CT molecular complexity index is 2120. The standard InChI is InChI=1S/2C27H47NO3.C22H35BrO2/c2*1-20-11-12-23-26(2,22(20)14-18-29-17-8-16-28(4)5)15-13-24-27(23,3)19-30-25(31-24)21-9-6-7-10-21;1-15-8-9-18-21(2,17(15)11-13-23)12-10-19-22(18,3)14-24-20(25-19)16-6-4-5-7-16/h2*21-25H,1,6-19H2,2-5H3;16-20H,1,4-14H2,2-3H3/t2*22-,23?,24-,25-,26+,27+;17-,18?,19-,20-,21+,22+/m111/s1. The number of hydrogen-bond acceptors (Lipinski definition) is 10. The highest BCUT2D eigenvalue weighted by Gasteiger charge is 2.64. The third-order valence-corrected chi connectivity index (χ3v) is 27.6. The third-order valence-electron chi connectivity index (χ3n) is 27.2. The molecule has 12 rings (SSSR count). The van der Waals surface area contributed by atoms with Crippen molar-refractivity contribution in [2.45, 2.75) is 265 Å². The fourth-order valence-corrected chi connectivity index (χ4v) is 22.7. The van der Waals surface area contributed by atoms with Crippen molar-refractivity contribution in [2.75, 3.05) is 92.9 Å². The fraction of sp³-hybridized carbons (Fsp3) is 0.921. The summed E-state index contributed by atoms with van der Waals surface area (Å²) in [7, 11) is 8.49. The van der Waals surface area contributed by atoms with Crippen LogP contribution < -0.4 is 0 Å². The van der Waals surface area contributed by atoms with Crippen molar-refractivity contribution in [1.82, 2.24) is 9.80 Å². The average molecular weight is 1280 g/mol. The van der Waals surface area contributed by atoms with Crippen LogP contribution in [0.3, 0.4) is 0 Å². The number of hydrogen-bond donors (Lipinski definition) is 0. The number of fused-ring (bicyclic) bond motifs is 9. The summed E-state index contributed by atoms with van der Waals surface area (Å²) < 4.78 is 51.5. The second kappa shape index (κ2) is 29.9. The van der Waals surface area contributed by atoms with Crippen LogP contribution in [0.15, 0.2) is 36.5 Å². The quantitative estimate of drug-likeness (QED) is 0.0709. The van der Waals surface area contributed by atoms with Gasteiger partial charge in [-0.1, -0.05) is 132 Å². The van der Waals surface area contributed by atoms with Gasteiger partial charge in [-0.15, -0.1) is 0 Å². The molecule has 0 aromatic heterocycles. The molecule has 9 saturated carbocycles. The van der Waals surface area contributed by atoms with Gasteiger partial charge in [0.1, 0.15) is 0 Å². The van der Waals surface area contributed by atoms with E-state index in [1.807, 2.05) is 0 Å². The topological polar surface area (TPSA) is 80.3 Å². The number of allylic oxidation sites excluding steroid dienone is 3. The summed E-state index contributed by atoms with van der Waals surface area (Å²) in [5.41, 5.74) is 5.79. The number of rotatable bonds is 19. The maximum Gasteiger partial charge on any atom is 0.160 e. The van der Waals surface area contributed by atoms with E-state index in [2.05, 4.69) is 115 Å². The maximum absolute atomic E-state index is 6.70. The summed E-state index contributed by atoms with van der Waals surface area (Å²) in [6.45, 7) is 36.8. The Labute approximate surface area is 540 Å². The van der Waals surface area contributed by atoms with E-state index in [1.54, 1.807) is 0 Å². The van der Waals surface area contributed by atoms with Gasteiger partial charge in [-0.05, 0) is 241 Å². The first-order valence-corrected chi connectivity index (χ1v) is 37.6. The molecule has 0 bridgehead atoms. The van der Waals surface area contributed by atoms with E-state index in [1.165, 1.54) is 164 Å². The summed E-state index contributed by atoms with van der Waals surface area (Å²) >= 11 is 3.69. The molecule has 0 N–H and O–H groups in total. The molecular weight excluding hydrogens is 1150 g/mol. The van der Waals surface area contributed by atoms with Crippen molar-refractivity contribution in [2.24, 2.45) is 85.8 Å². The lowest BCUT2D eigenvalue weighted by molar-refractivity contribution is -0.316. The van der Waals surface area contributed by atoms with Crippen LogP contribution in [-0.2, 0) is 37.9 Å². The molecule has 3 heterocycles. The predicted molar refractivity (Wildman–Crippen MR) is 358 cm³/mol. The molecule has 10 nitrogen and oxygen atoms in total. The van der Waals surface area contributed by atoms with E-state index in [4.69, 9.17) is 37.9 Å². The molecule has 3 saturated heterocycles. The smallest absolute Gasteiger partial charge is 0.160 e. The number of alkyl halides is 1. The largest absolute Gasteiger partial charge is 0.381 e. The van der Waals surface area contributed by atoms with Crippen LogP contribution in [0.1, 0.15) is 228 Å². The van der Waals surface area contributed by atoms with E-state index in [9.17, 15) is 0 Å².